The topological polar surface area (TPSA) is 67.5 Å². The molecule has 0 saturated heterocycles. The number of nitrogens with zero attached hydrogens (tertiary/aromatic N) is 3. The Labute approximate surface area is 98.1 Å². The van der Waals surface area contributed by atoms with E-state index in [4.69, 9.17) is 0 Å². The maximum absolute atomic E-state index is 11.4. The molecule has 0 unspecified atom stereocenters. The van der Waals surface area contributed by atoms with Gasteiger partial charge in [0.2, 0.25) is 0 Å². The molecular weight excluding hydrogens is 218 g/mol. The molecular formula is C12H13N3O2. The van der Waals surface area contributed by atoms with Crippen LogP contribution in [-0.2, 0) is 0 Å². The number of carboxylic acids is 1. The molecule has 3 rings (SSSR count). The number of aromatic nitrogens is 3. The smallest absolute Gasteiger partial charge is 0.354 e. The third-order valence-corrected chi connectivity index (χ3v) is 3.38. The van der Waals surface area contributed by atoms with Gasteiger partial charge in [-0.05, 0) is 25.7 Å². The van der Waals surface area contributed by atoms with Crippen molar-refractivity contribution in [2.45, 2.75) is 32.1 Å². The van der Waals surface area contributed by atoms with Crippen LogP contribution in [0, 0.1) is 6.92 Å². The molecule has 1 saturated carbocycles. The fraction of sp³-hybridized carbons (Fsp3) is 0.417. The summed E-state index contributed by atoms with van der Waals surface area (Å²) in [5.74, 6) is -0.593. The lowest BCUT2D eigenvalue weighted by Crippen LogP contribution is -2.18. The molecule has 88 valence electrons. The summed E-state index contributed by atoms with van der Waals surface area (Å²) in [6, 6.07) is 1.79. The molecule has 5 nitrogen and oxygen atoms in total. The molecule has 2 heterocycles. The Hall–Kier alpha value is -1.91. The van der Waals surface area contributed by atoms with Crippen molar-refractivity contribution < 1.29 is 9.90 Å². The highest BCUT2D eigenvalue weighted by Crippen LogP contribution is 2.37. The normalized spacial score (nSPS) is 16.1. The van der Waals surface area contributed by atoms with Crippen LogP contribution in [0.15, 0.2) is 12.3 Å². The Balaban J connectivity index is 2.27. The van der Waals surface area contributed by atoms with E-state index in [0.717, 1.165) is 24.1 Å². The van der Waals surface area contributed by atoms with E-state index in [1.54, 1.807) is 12.3 Å². The maximum Gasteiger partial charge on any atom is 0.354 e. The van der Waals surface area contributed by atoms with Crippen molar-refractivity contribution in [2.75, 3.05) is 0 Å². The lowest BCUT2D eigenvalue weighted by molar-refractivity contribution is 0.0684. The van der Waals surface area contributed by atoms with E-state index in [-0.39, 0.29) is 5.69 Å². The summed E-state index contributed by atoms with van der Waals surface area (Å²) in [4.78, 5) is 15.7. The zero-order valence-electron chi connectivity index (χ0n) is 9.55. The van der Waals surface area contributed by atoms with E-state index in [1.165, 1.54) is 10.9 Å². The summed E-state index contributed by atoms with van der Waals surface area (Å²) in [7, 11) is 0. The summed E-state index contributed by atoms with van der Waals surface area (Å²) >= 11 is 0. The lowest BCUT2D eigenvalue weighted by atomic mass is 9.80. The van der Waals surface area contributed by atoms with Crippen LogP contribution in [0.2, 0.25) is 0 Å². The third kappa shape index (κ3) is 1.50. The van der Waals surface area contributed by atoms with Crippen LogP contribution >= 0.6 is 0 Å². The summed E-state index contributed by atoms with van der Waals surface area (Å²) in [6.45, 7) is 1.84. The predicted octanol–water partition coefficient (Wildman–Crippen LogP) is 2.00. The Bertz CT molecular complexity index is 599. The van der Waals surface area contributed by atoms with Gasteiger partial charge in [-0.25, -0.2) is 14.3 Å². The minimum atomic E-state index is -0.928. The maximum atomic E-state index is 11.4. The van der Waals surface area contributed by atoms with Crippen molar-refractivity contribution in [3.8, 4) is 0 Å². The average Bonchev–Trinajstić information content (AvgIpc) is 2.54. The first-order valence-corrected chi connectivity index (χ1v) is 5.75. The van der Waals surface area contributed by atoms with Crippen molar-refractivity contribution in [1.29, 1.82) is 0 Å². The number of aryl methyl sites for hydroxylation is 1. The van der Waals surface area contributed by atoms with Crippen LogP contribution in [0.5, 0.6) is 0 Å². The molecule has 5 heteroatoms. The Morgan fingerprint density at radius 1 is 1.53 bits per heavy atom. The second-order valence-corrected chi connectivity index (χ2v) is 4.55. The minimum absolute atomic E-state index is 0.271. The fourth-order valence-electron chi connectivity index (χ4n) is 2.29. The zero-order chi connectivity index (χ0) is 12.0. The van der Waals surface area contributed by atoms with Crippen LogP contribution in [0.25, 0.3) is 5.65 Å². The van der Waals surface area contributed by atoms with Crippen molar-refractivity contribution >= 4 is 11.6 Å². The first-order chi connectivity index (χ1) is 8.16. The zero-order valence-corrected chi connectivity index (χ0v) is 9.55. The minimum Gasteiger partial charge on any atom is -0.476 e. The monoisotopic (exact) mass is 231 g/mol. The van der Waals surface area contributed by atoms with Gasteiger partial charge in [0.25, 0.3) is 0 Å². The van der Waals surface area contributed by atoms with Crippen molar-refractivity contribution in [3.63, 3.8) is 0 Å². The molecule has 0 aromatic carbocycles. The van der Waals surface area contributed by atoms with E-state index >= 15 is 0 Å². The summed E-state index contributed by atoms with van der Waals surface area (Å²) in [6.07, 6.45) is 4.96. The predicted molar refractivity (Wildman–Crippen MR) is 61.3 cm³/mol. The molecule has 1 fully saturated rings. The van der Waals surface area contributed by atoms with Crippen molar-refractivity contribution in [2.24, 2.45) is 0 Å². The average molecular weight is 231 g/mol. The molecule has 0 spiro atoms. The van der Waals surface area contributed by atoms with Crippen molar-refractivity contribution in [1.82, 2.24) is 14.6 Å². The standard InChI is InChI=1S/C12H13N3O2/c1-7-5-10-13-6-9(8-3-2-4-8)11(12(16)17)15(10)14-7/h5-6,8H,2-4H2,1H3,(H,16,17). The number of fused-ring (bicyclic) bond motifs is 1. The summed E-state index contributed by atoms with van der Waals surface area (Å²) < 4.78 is 1.45. The third-order valence-electron chi connectivity index (χ3n) is 3.38. The SMILES string of the molecule is Cc1cc2ncc(C3CCC3)c(C(=O)O)n2n1. The van der Waals surface area contributed by atoms with E-state index in [0.29, 0.717) is 11.6 Å². The van der Waals surface area contributed by atoms with Gasteiger partial charge in [-0.2, -0.15) is 5.10 Å². The Morgan fingerprint density at radius 3 is 2.88 bits per heavy atom. The Kier molecular flexibility index (Phi) is 2.14. The molecule has 2 aromatic heterocycles. The molecule has 1 aliphatic rings. The van der Waals surface area contributed by atoms with Crippen LogP contribution in [0.1, 0.15) is 46.9 Å². The fourth-order valence-corrected chi connectivity index (χ4v) is 2.29. The number of carbonyl (C=O) groups is 1. The number of aromatic carboxylic acids is 1. The van der Waals surface area contributed by atoms with Crippen LogP contribution in [-0.4, -0.2) is 25.7 Å². The summed E-state index contributed by atoms with van der Waals surface area (Å²) in [5, 5.41) is 13.6. The number of hydrogen-bond donors (Lipinski definition) is 1. The second kappa shape index (κ2) is 3.55. The molecule has 0 atom stereocenters. The molecule has 0 amide bonds. The highest BCUT2D eigenvalue weighted by Gasteiger charge is 2.27. The first-order valence-electron chi connectivity index (χ1n) is 5.75. The lowest BCUT2D eigenvalue weighted by Gasteiger charge is -2.26. The van der Waals surface area contributed by atoms with Crippen LogP contribution < -0.4 is 0 Å². The number of carboxylic acid groups (broad SMARTS) is 1. The largest absolute Gasteiger partial charge is 0.476 e. The number of rotatable bonds is 2. The van der Waals surface area contributed by atoms with Gasteiger partial charge in [0.05, 0.1) is 5.69 Å². The van der Waals surface area contributed by atoms with Gasteiger partial charge in [0.15, 0.2) is 11.3 Å². The molecule has 1 N–H and O–H groups in total. The van der Waals surface area contributed by atoms with Gasteiger partial charge in [0, 0.05) is 17.8 Å². The van der Waals surface area contributed by atoms with Gasteiger partial charge in [-0.1, -0.05) is 6.42 Å². The Morgan fingerprint density at radius 2 is 2.29 bits per heavy atom. The highest BCUT2D eigenvalue weighted by molar-refractivity contribution is 5.88. The second-order valence-electron chi connectivity index (χ2n) is 4.55. The van der Waals surface area contributed by atoms with Gasteiger partial charge in [0.1, 0.15) is 0 Å². The highest BCUT2D eigenvalue weighted by atomic mass is 16.4. The van der Waals surface area contributed by atoms with Gasteiger partial charge in [-0.3, -0.25) is 0 Å². The van der Waals surface area contributed by atoms with Gasteiger partial charge in [-0.15, -0.1) is 0 Å². The molecule has 0 radical (unpaired) electrons. The van der Waals surface area contributed by atoms with Crippen molar-refractivity contribution in [3.05, 3.63) is 29.2 Å². The molecule has 0 bridgehead atoms. The van der Waals surface area contributed by atoms with E-state index < -0.39 is 5.97 Å². The van der Waals surface area contributed by atoms with Gasteiger partial charge < -0.3 is 5.11 Å². The molecule has 17 heavy (non-hydrogen) atoms. The molecule has 2 aromatic rings. The number of hydrogen-bond acceptors (Lipinski definition) is 3. The van der Waals surface area contributed by atoms with E-state index in [2.05, 4.69) is 10.1 Å². The molecule has 0 aliphatic heterocycles. The first kappa shape index (κ1) is 10.3. The van der Waals surface area contributed by atoms with Gasteiger partial charge >= 0.3 is 5.97 Å². The van der Waals surface area contributed by atoms with Crippen LogP contribution in [0.3, 0.4) is 0 Å². The van der Waals surface area contributed by atoms with E-state index in [1.807, 2.05) is 6.92 Å². The van der Waals surface area contributed by atoms with Crippen LogP contribution in [0.4, 0.5) is 0 Å². The quantitative estimate of drug-likeness (QED) is 0.858. The van der Waals surface area contributed by atoms with E-state index in [9.17, 15) is 9.90 Å². The molecule has 1 aliphatic carbocycles. The summed E-state index contributed by atoms with van der Waals surface area (Å²) in [5.41, 5.74) is 2.47.